The number of nitrogens with zero attached hydrogens (tertiary/aromatic N) is 1. The zero-order chi connectivity index (χ0) is 10.7. The van der Waals surface area contributed by atoms with Crippen molar-refractivity contribution >= 4 is 21.2 Å². The minimum absolute atomic E-state index is 0.135. The fourth-order valence-corrected chi connectivity index (χ4v) is 4.51. The van der Waals surface area contributed by atoms with Gasteiger partial charge in [0.15, 0.2) is 9.84 Å². The summed E-state index contributed by atoms with van der Waals surface area (Å²) in [5, 5.41) is 3.20. The minimum atomic E-state index is -2.98. The van der Waals surface area contributed by atoms with Gasteiger partial charge in [-0.05, 0) is 19.4 Å². The number of thiazole rings is 1. The van der Waals surface area contributed by atoms with E-state index in [0.29, 0.717) is 0 Å². The van der Waals surface area contributed by atoms with Gasteiger partial charge in [-0.15, -0.1) is 11.3 Å². The van der Waals surface area contributed by atoms with Gasteiger partial charge in [-0.3, -0.25) is 4.98 Å². The first kappa shape index (κ1) is 11.0. The minimum Gasteiger partial charge on any atom is -0.313 e. The predicted octanol–water partition coefficient (Wildman–Crippen LogP) is 0.810. The quantitative estimate of drug-likeness (QED) is 0.854. The fourth-order valence-electron chi connectivity index (χ4n) is 1.79. The molecule has 0 bridgehead atoms. The second-order valence-corrected chi connectivity index (χ2v) is 6.90. The lowest BCUT2D eigenvalue weighted by molar-refractivity contribution is 0.576. The lowest BCUT2D eigenvalue weighted by Crippen LogP contribution is -2.30. The Morgan fingerprint density at radius 2 is 2.47 bits per heavy atom. The van der Waals surface area contributed by atoms with Crippen molar-refractivity contribution in [2.75, 3.05) is 12.3 Å². The second kappa shape index (κ2) is 4.59. The van der Waals surface area contributed by atoms with Gasteiger partial charge in [0.05, 0.1) is 17.0 Å². The third-order valence-electron chi connectivity index (χ3n) is 2.46. The van der Waals surface area contributed by atoms with Crippen LogP contribution >= 0.6 is 11.3 Å². The zero-order valence-electron chi connectivity index (χ0n) is 8.35. The van der Waals surface area contributed by atoms with Gasteiger partial charge in [0, 0.05) is 17.1 Å². The third-order valence-corrected chi connectivity index (χ3v) is 5.09. The number of hydrogen-bond acceptors (Lipinski definition) is 5. The molecule has 84 valence electrons. The van der Waals surface area contributed by atoms with E-state index < -0.39 is 9.84 Å². The molecule has 2 heterocycles. The lowest BCUT2D eigenvalue weighted by Gasteiger charge is -2.09. The molecule has 6 heteroatoms. The summed E-state index contributed by atoms with van der Waals surface area (Å²) in [6, 6.07) is 0.155. The van der Waals surface area contributed by atoms with Gasteiger partial charge in [0.2, 0.25) is 0 Å². The van der Waals surface area contributed by atoms with Crippen LogP contribution in [0.5, 0.6) is 0 Å². The Kier molecular flexibility index (Phi) is 3.38. The summed E-state index contributed by atoms with van der Waals surface area (Å²) in [5.41, 5.74) is 1.67. The first-order chi connectivity index (χ1) is 7.16. The van der Waals surface area contributed by atoms with Crippen molar-refractivity contribution in [2.45, 2.75) is 24.6 Å². The molecule has 0 saturated carbocycles. The van der Waals surface area contributed by atoms with Crippen LogP contribution in [0.25, 0.3) is 0 Å². The molecule has 2 rings (SSSR count). The van der Waals surface area contributed by atoms with Gasteiger partial charge in [-0.1, -0.05) is 0 Å². The fraction of sp³-hybridized carbons (Fsp3) is 0.667. The Hall–Kier alpha value is -0.460. The lowest BCUT2D eigenvalue weighted by atomic mass is 10.3. The molecule has 1 aliphatic heterocycles. The normalized spacial score (nSPS) is 22.0. The number of nitrogens with one attached hydrogen (secondary N) is 1. The van der Waals surface area contributed by atoms with Crippen LogP contribution in [0, 0.1) is 0 Å². The van der Waals surface area contributed by atoms with Crippen LogP contribution in [0.2, 0.25) is 0 Å². The number of hydrogen-bond donors (Lipinski definition) is 1. The predicted molar refractivity (Wildman–Crippen MR) is 60.6 cm³/mol. The highest BCUT2D eigenvalue weighted by Crippen LogP contribution is 2.14. The van der Waals surface area contributed by atoms with Gasteiger partial charge in [-0.2, -0.15) is 0 Å². The summed E-state index contributed by atoms with van der Waals surface area (Å²) < 4.78 is 23.6. The molecule has 1 saturated heterocycles. The Morgan fingerprint density at radius 3 is 3.07 bits per heavy atom. The molecule has 1 N–H and O–H groups in total. The summed E-state index contributed by atoms with van der Waals surface area (Å²) in [4.78, 5) is 4.70. The SMILES string of the molecule is O=S(=O)(Cc1cncs1)CC1CCCN1. The molecular formula is C9H14N2O2S2. The van der Waals surface area contributed by atoms with E-state index >= 15 is 0 Å². The zero-order valence-corrected chi connectivity index (χ0v) is 9.98. The van der Waals surface area contributed by atoms with Crippen molar-refractivity contribution in [1.82, 2.24) is 10.3 Å². The van der Waals surface area contributed by atoms with Crippen LogP contribution in [0.3, 0.4) is 0 Å². The third kappa shape index (κ3) is 3.25. The molecule has 0 aliphatic carbocycles. The summed E-state index contributed by atoms with van der Waals surface area (Å²) in [6.07, 6.45) is 3.69. The first-order valence-corrected chi connectivity index (χ1v) is 7.67. The van der Waals surface area contributed by atoms with Crippen molar-refractivity contribution in [1.29, 1.82) is 0 Å². The van der Waals surface area contributed by atoms with Crippen molar-refractivity contribution in [2.24, 2.45) is 0 Å². The van der Waals surface area contributed by atoms with Crippen LogP contribution in [-0.2, 0) is 15.6 Å². The average Bonchev–Trinajstić information content (AvgIpc) is 2.75. The van der Waals surface area contributed by atoms with Crippen LogP contribution in [-0.4, -0.2) is 31.7 Å². The van der Waals surface area contributed by atoms with Crippen LogP contribution in [0.1, 0.15) is 17.7 Å². The van der Waals surface area contributed by atoms with Crippen LogP contribution in [0.4, 0.5) is 0 Å². The Labute approximate surface area is 93.7 Å². The largest absolute Gasteiger partial charge is 0.313 e. The van der Waals surface area contributed by atoms with E-state index in [-0.39, 0.29) is 17.5 Å². The molecule has 0 amide bonds. The molecule has 1 aromatic rings. The van der Waals surface area contributed by atoms with Crippen molar-refractivity contribution in [3.63, 3.8) is 0 Å². The Balaban J connectivity index is 1.94. The summed E-state index contributed by atoms with van der Waals surface area (Å²) in [5.74, 6) is 0.390. The Bertz CT molecular complexity index is 394. The molecule has 1 fully saturated rings. The molecule has 4 nitrogen and oxygen atoms in total. The van der Waals surface area contributed by atoms with Gasteiger partial charge < -0.3 is 5.32 Å². The highest BCUT2D eigenvalue weighted by atomic mass is 32.2. The van der Waals surface area contributed by atoms with E-state index in [1.807, 2.05) is 0 Å². The van der Waals surface area contributed by atoms with Gasteiger partial charge in [-0.25, -0.2) is 8.42 Å². The maximum Gasteiger partial charge on any atom is 0.156 e. The van der Waals surface area contributed by atoms with Crippen LogP contribution < -0.4 is 5.32 Å². The smallest absolute Gasteiger partial charge is 0.156 e. The van der Waals surface area contributed by atoms with E-state index in [1.165, 1.54) is 11.3 Å². The summed E-state index contributed by atoms with van der Waals surface area (Å²) in [7, 11) is -2.98. The number of aromatic nitrogens is 1. The molecule has 0 spiro atoms. The number of sulfone groups is 1. The van der Waals surface area contributed by atoms with E-state index in [1.54, 1.807) is 11.7 Å². The maximum atomic E-state index is 11.8. The molecule has 1 aliphatic rings. The molecule has 0 radical (unpaired) electrons. The number of rotatable bonds is 4. The molecule has 1 aromatic heterocycles. The Morgan fingerprint density at radius 1 is 1.60 bits per heavy atom. The van der Waals surface area contributed by atoms with Gasteiger partial charge in [0.1, 0.15) is 0 Å². The van der Waals surface area contributed by atoms with Crippen LogP contribution in [0.15, 0.2) is 11.7 Å². The molecule has 0 aromatic carbocycles. The molecule has 15 heavy (non-hydrogen) atoms. The van der Waals surface area contributed by atoms with E-state index in [0.717, 1.165) is 24.3 Å². The molecule has 1 unspecified atom stereocenters. The van der Waals surface area contributed by atoms with Gasteiger partial charge in [0.25, 0.3) is 0 Å². The maximum absolute atomic E-state index is 11.8. The van der Waals surface area contributed by atoms with Crippen molar-refractivity contribution < 1.29 is 8.42 Å². The first-order valence-electron chi connectivity index (χ1n) is 4.97. The molecular weight excluding hydrogens is 232 g/mol. The second-order valence-electron chi connectivity index (χ2n) is 3.82. The monoisotopic (exact) mass is 246 g/mol. The standard InChI is InChI=1S/C9H14N2O2S2/c12-15(13,5-8-2-1-3-11-8)6-9-4-10-7-14-9/h4,7-8,11H,1-3,5-6H2. The van der Waals surface area contributed by atoms with E-state index in [9.17, 15) is 8.42 Å². The summed E-state index contributed by atoms with van der Waals surface area (Å²) >= 11 is 1.40. The highest BCUT2D eigenvalue weighted by Gasteiger charge is 2.22. The van der Waals surface area contributed by atoms with E-state index in [2.05, 4.69) is 10.3 Å². The van der Waals surface area contributed by atoms with Crippen molar-refractivity contribution in [3.05, 3.63) is 16.6 Å². The highest BCUT2D eigenvalue weighted by molar-refractivity contribution is 7.90. The topological polar surface area (TPSA) is 59.1 Å². The average molecular weight is 246 g/mol. The summed E-state index contributed by atoms with van der Waals surface area (Å²) in [6.45, 7) is 0.945. The van der Waals surface area contributed by atoms with Crippen molar-refractivity contribution in [3.8, 4) is 0 Å². The molecule has 1 atom stereocenters. The van der Waals surface area contributed by atoms with Gasteiger partial charge >= 0.3 is 0 Å². The van der Waals surface area contributed by atoms with E-state index in [4.69, 9.17) is 0 Å².